The normalized spacial score (nSPS) is 11.4. The summed E-state index contributed by atoms with van der Waals surface area (Å²) in [5, 5.41) is 2.75. The van der Waals surface area contributed by atoms with Gasteiger partial charge in [0.15, 0.2) is 0 Å². The number of amides is 2. The number of carbonyl (C=O) groups is 2. The summed E-state index contributed by atoms with van der Waals surface area (Å²) in [6.45, 7) is 1.95. The van der Waals surface area contributed by atoms with Gasteiger partial charge in [0.25, 0.3) is 5.91 Å². The van der Waals surface area contributed by atoms with Gasteiger partial charge in [-0.3, -0.25) is 9.59 Å². The summed E-state index contributed by atoms with van der Waals surface area (Å²) in [5.41, 5.74) is 7.01. The van der Waals surface area contributed by atoms with Crippen molar-refractivity contribution in [3.05, 3.63) is 78.0 Å². The Labute approximate surface area is 180 Å². The van der Waals surface area contributed by atoms with Gasteiger partial charge >= 0.3 is 0 Å². The Morgan fingerprint density at radius 3 is 2.55 bits per heavy atom. The highest BCUT2D eigenvalue weighted by atomic mass is 16.5. The van der Waals surface area contributed by atoms with Crippen LogP contribution in [-0.4, -0.2) is 30.0 Å². The van der Waals surface area contributed by atoms with Gasteiger partial charge in [0.05, 0.1) is 25.6 Å². The van der Waals surface area contributed by atoms with Crippen molar-refractivity contribution in [3.63, 3.8) is 0 Å². The van der Waals surface area contributed by atoms with Crippen molar-refractivity contribution >= 4 is 17.5 Å². The van der Waals surface area contributed by atoms with E-state index in [1.165, 1.54) is 12.3 Å². The molecule has 0 spiro atoms. The van der Waals surface area contributed by atoms with Crippen LogP contribution in [0, 0.1) is 0 Å². The van der Waals surface area contributed by atoms with Gasteiger partial charge in [-0.15, -0.1) is 0 Å². The summed E-state index contributed by atoms with van der Waals surface area (Å²) < 4.78 is 16.4. The molecule has 0 saturated heterocycles. The molecule has 0 bridgehead atoms. The molecule has 31 heavy (non-hydrogen) atoms. The summed E-state index contributed by atoms with van der Waals surface area (Å²) in [4.78, 5) is 27.8. The molecular weight excluding hydrogens is 398 g/mol. The number of nitrogens with one attached hydrogen (secondary N) is 1. The molecule has 2 amide bonds. The number of benzene rings is 2. The number of pyridine rings is 1. The molecule has 0 fully saturated rings. The maximum Gasteiger partial charge on any atom is 0.253 e. The highest BCUT2D eigenvalue weighted by Gasteiger charge is 2.14. The maximum absolute atomic E-state index is 12.4. The van der Waals surface area contributed by atoms with E-state index < -0.39 is 12.0 Å². The zero-order valence-electron chi connectivity index (χ0n) is 17.2. The van der Waals surface area contributed by atoms with Crippen molar-refractivity contribution in [1.82, 2.24) is 4.98 Å². The van der Waals surface area contributed by atoms with Gasteiger partial charge in [-0.2, -0.15) is 0 Å². The Balaban J connectivity index is 1.53. The Hall–Kier alpha value is -3.91. The molecule has 0 saturated carbocycles. The first-order valence-corrected chi connectivity index (χ1v) is 9.54. The zero-order chi connectivity index (χ0) is 22.2. The van der Waals surface area contributed by atoms with E-state index in [1.807, 2.05) is 24.3 Å². The number of rotatable bonds is 9. The molecule has 2 aromatic carbocycles. The molecule has 0 radical (unpaired) electrons. The fraction of sp³-hybridized carbons (Fsp3) is 0.174. The van der Waals surface area contributed by atoms with Crippen LogP contribution in [0.2, 0.25) is 0 Å². The van der Waals surface area contributed by atoms with Gasteiger partial charge in [-0.1, -0.05) is 18.2 Å². The van der Waals surface area contributed by atoms with E-state index in [4.69, 9.17) is 19.9 Å². The minimum Gasteiger partial charge on any atom is -0.497 e. The molecule has 3 aromatic rings. The molecular formula is C23H23N3O5. The average Bonchev–Trinajstić information content (AvgIpc) is 2.79. The predicted molar refractivity (Wildman–Crippen MR) is 115 cm³/mol. The van der Waals surface area contributed by atoms with Crippen molar-refractivity contribution in [2.24, 2.45) is 5.73 Å². The number of ether oxygens (including phenoxy) is 3. The topological polar surface area (TPSA) is 113 Å². The lowest BCUT2D eigenvalue weighted by atomic mass is 10.2. The van der Waals surface area contributed by atoms with Crippen LogP contribution in [0.4, 0.5) is 5.69 Å². The number of nitrogens with zero attached hydrogens (tertiary/aromatic N) is 1. The Bertz CT molecular complexity index is 1050. The van der Waals surface area contributed by atoms with Crippen molar-refractivity contribution in [3.8, 4) is 17.4 Å². The van der Waals surface area contributed by atoms with Gasteiger partial charge in [0.2, 0.25) is 11.8 Å². The lowest BCUT2D eigenvalue weighted by molar-refractivity contribution is -0.127. The molecule has 1 aromatic heterocycles. The average molecular weight is 421 g/mol. The molecule has 1 unspecified atom stereocenters. The number of anilines is 1. The van der Waals surface area contributed by atoms with Crippen molar-refractivity contribution in [2.45, 2.75) is 19.6 Å². The first-order chi connectivity index (χ1) is 14.9. The summed E-state index contributed by atoms with van der Waals surface area (Å²) in [6.07, 6.45) is 0.804. The second-order valence-electron chi connectivity index (χ2n) is 6.67. The molecule has 8 nitrogen and oxygen atoms in total. The molecule has 0 aliphatic carbocycles. The van der Waals surface area contributed by atoms with Crippen molar-refractivity contribution in [2.75, 3.05) is 12.4 Å². The second-order valence-corrected chi connectivity index (χ2v) is 6.67. The smallest absolute Gasteiger partial charge is 0.253 e. The fourth-order valence-electron chi connectivity index (χ4n) is 2.65. The number of nitrogens with two attached hydrogens (primary N) is 1. The SMILES string of the molecule is COc1cccc(COC(C)C(=O)Nc2ccc(Oc3cccc(C(N)=O)c3)nc2)c1. The molecule has 3 rings (SSSR count). The molecule has 1 heterocycles. The summed E-state index contributed by atoms with van der Waals surface area (Å²) in [6, 6.07) is 17.2. The van der Waals surface area contributed by atoms with E-state index >= 15 is 0 Å². The van der Waals surface area contributed by atoms with Gasteiger partial charge in [-0.25, -0.2) is 4.98 Å². The summed E-state index contributed by atoms with van der Waals surface area (Å²) in [7, 11) is 1.60. The van der Waals surface area contributed by atoms with Crippen LogP contribution in [0.3, 0.4) is 0 Å². The van der Waals surface area contributed by atoms with E-state index in [2.05, 4.69) is 10.3 Å². The fourth-order valence-corrected chi connectivity index (χ4v) is 2.65. The van der Waals surface area contributed by atoms with E-state index in [0.717, 1.165) is 11.3 Å². The Kier molecular flexibility index (Phi) is 7.18. The first-order valence-electron chi connectivity index (χ1n) is 9.54. The third-order valence-electron chi connectivity index (χ3n) is 4.35. The van der Waals surface area contributed by atoms with Crippen molar-refractivity contribution in [1.29, 1.82) is 0 Å². The second kappa shape index (κ2) is 10.2. The van der Waals surface area contributed by atoms with Crippen LogP contribution in [0.25, 0.3) is 0 Å². The number of methoxy groups -OCH3 is 1. The molecule has 0 aliphatic heterocycles. The van der Waals surface area contributed by atoms with E-state index in [9.17, 15) is 9.59 Å². The van der Waals surface area contributed by atoms with Gasteiger partial charge in [0, 0.05) is 11.6 Å². The van der Waals surface area contributed by atoms with Crippen LogP contribution in [0.1, 0.15) is 22.8 Å². The zero-order valence-corrected chi connectivity index (χ0v) is 17.2. The standard InChI is InChI=1S/C23H23N3O5/c1-15(30-14-16-5-3-7-19(11-16)29-2)23(28)26-18-9-10-21(25-13-18)31-20-8-4-6-17(12-20)22(24)27/h3-13,15H,14H2,1-2H3,(H2,24,27)(H,26,28). The van der Waals surface area contributed by atoms with Gasteiger partial charge in [0.1, 0.15) is 17.6 Å². The highest BCUT2D eigenvalue weighted by molar-refractivity contribution is 5.94. The lowest BCUT2D eigenvalue weighted by Crippen LogP contribution is -2.27. The summed E-state index contributed by atoms with van der Waals surface area (Å²) in [5.74, 6) is 0.627. The van der Waals surface area contributed by atoms with Crippen LogP contribution < -0.4 is 20.5 Å². The quantitative estimate of drug-likeness (QED) is 0.547. The minimum atomic E-state index is -0.668. The monoisotopic (exact) mass is 421 g/mol. The van der Waals surface area contributed by atoms with Crippen LogP contribution in [0.5, 0.6) is 17.4 Å². The van der Waals surface area contributed by atoms with Gasteiger partial charge in [-0.05, 0) is 48.9 Å². The molecule has 3 N–H and O–H groups in total. The Morgan fingerprint density at radius 2 is 1.84 bits per heavy atom. The molecule has 8 heteroatoms. The number of hydrogen-bond acceptors (Lipinski definition) is 6. The van der Waals surface area contributed by atoms with Crippen molar-refractivity contribution < 1.29 is 23.8 Å². The largest absolute Gasteiger partial charge is 0.497 e. The van der Waals surface area contributed by atoms with E-state index in [0.29, 0.717) is 22.9 Å². The van der Waals surface area contributed by atoms with Crippen LogP contribution >= 0.6 is 0 Å². The van der Waals surface area contributed by atoms with Gasteiger partial charge < -0.3 is 25.3 Å². The third kappa shape index (κ3) is 6.28. The van der Waals surface area contributed by atoms with Crippen LogP contribution in [0.15, 0.2) is 66.9 Å². The number of aromatic nitrogens is 1. The first kappa shape index (κ1) is 21.8. The number of carbonyl (C=O) groups excluding carboxylic acids is 2. The number of hydrogen-bond donors (Lipinski definition) is 2. The Morgan fingerprint density at radius 1 is 1.06 bits per heavy atom. The van der Waals surface area contributed by atoms with Crippen LogP contribution in [-0.2, 0) is 16.1 Å². The molecule has 160 valence electrons. The molecule has 1 atom stereocenters. The summed E-state index contributed by atoms with van der Waals surface area (Å²) >= 11 is 0. The minimum absolute atomic E-state index is 0.279. The van der Waals surface area contributed by atoms with E-state index in [-0.39, 0.29) is 12.5 Å². The van der Waals surface area contributed by atoms with E-state index in [1.54, 1.807) is 44.4 Å². The maximum atomic E-state index is 12.4. The molecule has 0 aliphatic rings. The predicted octanol–water partition coefficient (Wildman–Crippen LogP) is 3.53. The third-order valence-corrected chi connectivity index (χ3v) is 4.35. The highest BCUT2D eigenvalue weighted by Crippen LogP contribution is 2.21. The number of primary amides is 1. The lowest BCUT2D eigenvalue weighted by Gasteiger charge is -2.14.